The minimum absolute atomic E-state index is 0.156. The third-order valence-electron chi connectivity index (χ3n) is 3.89. The first kappa shape index (κ1) is 15.2. The molecule has 1 atom stereocenters. The van der Waals surface area contributed by atoms with E-state index in [4.69, 9.17) is 9.15 Å². The average Bonchev–Trinajstić information content (AvgIpc) is 2.99. The maximum Gasteiger partial charge on any atom is 0.251 e. The lowest BCUT2D eigenvalue weighted by molar-refractivity contribution is 0.0935. The van der Waals surface area contributed by atoms with Gasteiger partial charge < -0.3 is 14.5 Å². The summed E-state index contributed by atoms with van der Waals surface area (Å²) in [6, 6.07) is 14.9. The number of aryl methyl sites for hydroxylation is 1. The summed E-state index contributed by atoms with van der Waals surface area (Å²) in [5.41, 5.74) is 2.38. The van der Waals surface area contributed by atoms with Crippen molar-refractivity contribution in [3.8, 4) is 5.75 Å². The number of ether oxygens (including phenoxy) is 1. The van der Waals surface area contributed by atoms with Gasteiger partial charge in [0.15, 0.2) is 0 Å². The predicted molar refractivity (Wildman–Crippen MR) is 89.8 cm³/mol. The molecule has 1 amide bonds. The molecule has 0 saturated heterocycles. The van der Waals surface area contributed by atoms with Gasteiger partial charge in [0.2, 0.25) is 0 Å². The van der Waals surface area contributed by atoms with Gasteiger partial charge in [-0.25, -0.2) is 0 Å². The van der Waals surface area contributed by atoms with Crippen molar-refractivity contribution in [3.63, 3.8) is 0 Å². The summed E-state index contributed by atoms with van der Waals surface area (Å²) in [5.74, 6) is 1.28. The number of fused-ring (bicyclic) bond motifs is 1. The Balaban J connectivity index is 1.79. The zero-order chi connectivity index (χ0) is 16.4. The first-order valence-electron chi connectivity index (χ1n) is 7.52. The summed E-state index contributed by atoms with van der Waals surface area (Å²) < 4.78 is 11.1. The normalized spacial score (nSPS) is 12.1. The first-order chi connectivity index (χ1) is 11.1. The minimum Gasteiger partial charge on any atom is -0.496 e. The number of para-hydroxylation sites is 1. The first-order valence-corrected chi connectivity index (χ1v) is 7.52. The molecule has 0 saturated carbocycles. The van der Waals surface area contributed by atoms with Crippen LogP contribution in [0.1, 0.15) is 34.6 Å². The predicted octanol–water partition coefficient (Wildman–Crippen LogP) is 4.24. The van der Waals surface area contributed by atoms with Crippen LogP contribution in [0, 0.1) is 6.92 Å². The number of furan rings is 1. The lowest BCUT2D eigenvalue weighted by atomic mass is 10.1. The molecule has 1 N–H and O–H groups in total. The molecule has 3 rings (SSSR count). The fraction of sp³-hybridized carbons (Fsp3) is 0.211. The summed E-state index contributed by atoms with van der Waals surface area (Å²) in [7, 11) is 1.60. The molecule has 0 fully saturated rings. The molecular weight excluding hydrogens is 290 g/mol. The molecule has 1 heterocycles. The van der Waals surface area contributed by atoms with E-state index in [1.165, 1.54) is 0 Å². The Kier molecular flexibility index (Phi) is 4.06. The van der Waals surface area contributed by atoms with Crippen LogP contribution in [0.5, 0.6) is 5.75 Å². The third kappa shape index (κ3) is 3.06. The fourth-order valence-electron chi connectivity index (χ4n) is 2.53. The summed E-state index contributed by atoms with van der Waals surface area (Å²) in [6.07, 6.45) is 0. The summed E-state index contributed by atoms with van der Waals surface area (Å²) in [4.78, 5) is 12.4. The minimum atomic E-state index is -0.220. The van der Waals surface area contributed by atoms with Crippen LogP contribution in [0.2, 0.25) is 0 Å². The van der Waals surface area contributed by atoms with Gasteiger partial charge in [0.25, 0.3) is 5.91 Å². The van der Waals surface area contributed by atoms with Crippen molar-refractivity contribution in [3.05, 3.63) is 65.4 Å². The van der Waals surface area contributed by atoms with Crippen molar-refractivity contribution in [1.29, 1.82) is 0 Å². The van der Waals surface area contributed by atoms with Gasteiger partial charge in [-0.05, 0) is 43.7 Å². The Morgan fingerprint density at radius 2 is 1.96 bits per heavy atom. The fourth-order valence-corrected chi connectivity index (χ4v) is 2.53. The van der Waals surface area contributed by atoms with Crippen LogP contribution in [-0.2, 0) is 0 Å². The summed E-state index contributed by atoms with van der Waals surface area (Å²) in [6.45, 7) is 3.85. The van der Waals surface area contributed by atoms with Gasteiger partial charge in [-0.1, -0.05) is 24.3 Å². The highest BCUT2D eigenvalue weighted by atomic mass is 16.5. The van der Waals surface area contributed by atoms with Crippen molar-refractivity contribution in [2.75, 3.05) is 7.11 Å². The highest BCUT2D eigenvalue weighted by Gasteiger charge is 2.16. The van der Waals surface area contributed by atoms with Crippen LogP contribution in [-0.4, -0.2) is 13.0 Å². The van der Waals surface area contributed by atoms with Gasteiger partial charge in [0.1, 0.15) is 17.1 Å². The van der Waals surface area contributed by atoms with Crippen LogP contribution in [0.3, 0.4) is 0 Å². The van der Waals surface area contributed by atoms with E-state index < -0.39 is 0 Å². The number of carbonyl (C=O) groups is 1. The van der Waals surface area contributed by atoms with Crippen molar-refractivity contribution in [2.45, 2.75) is 19.9 Å². The SMILES string of the molecule is COc1cc(C(=O)N[C@H](C)c2cc3ccccc3o2)ccc1C. The molecule has 0 spiro atoms. The van der Waals surface area contributed by atoms with E-state index in [1.807, 2.05) is 50.2 Å². The third-order valence-corrected chi connectivity index (χ3v) is 3.89. The van der Waals surface area contributed by atoms with Crippen LogP contribution in [0.15, 0.2) is 52.9 Å². The number of nitrogens with one attached hydrogen (secondary N) is 1. The van der Waals surface area contributed by atoms with E-state index in [1.54, 1.807) is 19.2 Å². The molecule has 2 aromatic carbocycles. The van der Waals surface area contributed by atoms with Crippen LogP contribution in [0.4, 0.5) is 0 Å². The monoisotopic (exact) mass is 309 g/mol. The molecule has 3 aromatic rings. The number of methoxy groups -OCH3 is 1. The Labute approximate surface area is 135 Å². The quantitative estimate of drug-likeness (QED) is 0.784. The number of benzene rings is 2. The number of rotatable bonds is 4. The van der Waals surface area contributed by atoms with Gasteiger partial charge in [0, 0.05) is 10.9 Å². The molecular formula is C19H19NO3. The highest BCUT2D eigenvalue weighted by Crippen LogP contribution is 2.24. The van der Waals surface area contributed by atoms with E-state index in [-0.39, 0.29) is 11.9 Å². The molecule has 0 aliphatic heterocycles. The van der Waals surface area contributed by atoms with E-state index in [0.29, 0.717) is 11.3 Å². The maximum absolute atomic E-state index is 12.4. The molecule has 1 aromatic heterocycles. The van der Waals surface area contributed by atoms with Gasteiger partial charge in [-0.15, -0.1) is 0 Å². The molecule has 0 aliphatic rings. The zero-order valence-electron chi connectivity index (χ0n) is 13.4. The second-order valence-electron chi connectivity index (χ2n) is 5.57. The standard InChI is InChI=1S/C19H19NO3/c1-12-8-9-15(11-17(12)22-3)19(21)20-13(2)18-10-14-6-4-5-7-16(14)23-18/h4-11,13H,1-3H3,(H,20,21)/t13-/m1/s1. The molecule has 0 radical (unpaired) electrons. The number of carbonyl (C=O) groups excluding carboxylic acids is 1. The second kappa shape index (κ2) is 6.16. The molecule has 0 unspecified atom stereocenters. The molecule has 118 valence electrons. The van der Waals surface area contributed by atoms with Gasteiger partial charge in [0.05, 0.1) is 13.2 Å². The second-order valence-corrected chi connectivity index (χ2v) is 5.57. The summed E-state index contributed by atoms with van der Waals surface area (Å²) in [5, 5.41) is 3.98. The van der Waals surface area contributed by atoms with Gasteiger partial charge in [-0.3, -0.25) is 4.79 Å². The van der Waals surface area contributed by atoms with Gasteiger partial charge >= 0.3 is 0 Å². The Morgan fingerprint density at radius 1 is 1.17 bits per heavy atom. The Morgan fingerprint density at radius 3 is 2.70 bits per heavy atom. The van der Waals surface area contributed by atoms with Crippen LogP contribution in [0.25, 0.3) is 11.0 Å². The maximum atomic E-state index is 12.4. The lowest BCUT2D eigenvalue weighted by Crippen LogP contribution is -2.26. The Bertz CT molecular complexity index is 818. The van der Waals surface area contributed by atoms with E-state index in [2.05, 4.69) is 5.32 Å². The topological polar surface area (TPSA) is 51.5 Å². The van der Waals surface area contributed by atoms with E-state index >= 15 is 0 Å². The average molecular weight is 309 g/mol. The number of hydrogen-bond acceptors (Lipinski definition) is 3. The van der Waals surface area contributed by atoms with Crippen molar-refractivity contribution >= 4 is 16.9 Å². The van der Waals surface area contributed by atoms with Crippen LogP contribution >= 0.6 is 0 Å². The van der Waals surface area contributed by atoms with Crippen molar-refractivity contribution in [1.82, 2.24) is 5.32 Å². The molecule has 23 heavy (non-hydrogen) atoms. The molecule has 4 heteroatoms. The highest BCUT2D eigenvalue weighted by molar-refractivity contribution is 5.95. The molecule has 0 aliphatic carbocycles. The van der Waals surface area contributed by atoms with Crippen molar-refractivity contribution in [2.24, 2.45) is 0 Å². The van der Waals surface area contributed by atoms with E-state index in [9.17, 15) is 4.79 Å². The Hall–Kier alpha value is -2.75. The van der Waals surface area contributed by atoms with E-state index in [0.717, 1.165) is 22.3 Å². The molecule has 0 bridgehead atoms. The zero-order valence-corrected chi connectivity index (χ0v) is 13.4. The van der Waals surface area contributed by atoms with Crippen LogP contribution < -0.4 is 10.1 Å². The smallest absolute Gasteiger partial charge is 0.251 e. The van der Waals surface area contributed by atoms with Crippen molar-refractivity contribution < 1.29 is 13.9 Å². The number of hydrogen-bond donors (Lipinski definition) is 1. The largest absolute Gasteiger partial charge is 0.496 e. The number of amides is 1. The molecule has 4 nitrogen and oxygen atoms in total. The van der Waals surface area contributed by atoms with Gasteiger partial charge in [-0.2, -0.15) is 0 Å². The summed E-state index contributed by atoms with van der Waals surface area (Å²) >= 11 is 0. The lowest BCUT2D eigenvalue weighted by Gasteiger charge is -2.12.